The highest BCUT2D eigenvalue weighted by molar-refractivity contribution is 6.44. The molecular weight excluding hydrogens is 349 g/mol. The number of anilines is 1. The lowest BCUT2D eigenvalue weighted by Gasteiger charge is -2.12. The molecule has 4 nitrogen and oxygen atoms in total. The van der Waals surface area contributed by atoms with Gasteiger partial charge in [-0.15, -0.1) is 0 Å². The summed E-state index contributed by atoms with van der Waals surface area (Å²) in [5, 5.41) is 3.42. The Morgan fingerprint density at radius 3 is 2.67 bits per heavy atom. The molecule has 0 atom stereocenters. The highest BCUT2D eigenvalue weighted by atomic mass is 35.5. The van der Waals surface area contributed by atoms with Crippen molar-refractivity contribution in [2.24, 2.45) is 0 Å². The topological polar surface area (TPSA) is 47.6 Å². The molecule has 6 heteroatoms. The Morgan fingerprint density at radius 1 is 1.17 bits per heavy atom. The lowest BCUT2D eigenvalue weighted by atomic mass is 10.1. The minimum absolute atomic E-state index is 0.305. The van der Waals surface area contributed by atoms with E-state index in [0.29, 0.717) is 39.4 Å². The third-order valence-electron chi connectivity index (χ3n) is 3.38. The number of unbranched alkanes of at least 4 members (excludes halogenated alkanes) is 1. The molecular formula is C18H19Cl2NO3. The van der Waals surface area contributed by atoms with Crippen LogP contribution in [-0.2, 0) is 0 Å². The molecule has 1 N–H and O–H groups in total. The zero-order valence-corrected chi connectivity index (χ0v) is 15.1. The Labute approximate surface area is 151 Å². The van der Waals surface area contributed by atoms with E-state index in [4.69, 9.17) is 32.7 Å². The second-order valence-corrected chi connectivity index (χ2v) is 5.91. The van der Waals surface area contributed by atoms with E-state index in [9.17, 15) is 4.79 Å². The molecule has 0 saturated carbocycles. The molecule has 1 amide bonds. The highest BCUT2D eigenvalue weighted by Gasteiger charge is 2.13. The number of halogens is 2. The van der Waals surface area contributed by atoms with Crippen LogP contribution in [0.1, 0.15) is 30.1 Å². The van der Waals surface area contributed by atoms with Crippen molar-refractivity contribution in [1.82, 2.24) is 0 Å². The summed E-state index contributed by atoms with van der Waals surface area (Å²) in [4.78, 5) is 12.4. The summed E-state index contributed by atoms with van der Waals surface area (Å²) < 4.78 is 11.0. The van der Waals surface area contributed by atoms with Gasteiger partial charge in [-0.2, -0.15) is 0 Å². The molecule has 0 aliphatic rings. The van der Waals surface area contributed by atoms with E-state index in [1.165, 1.54) is 7.11 Å². The second-order valence-electron chi connectivity index (χ2n) is 5.12. The number of hydrogen-bond acceptors (Lipinski definition) is 3. The van der Waals surface area contributed by atoms with Gasteiger partial charge in [0.2, 0.25) is 0 Å². The zero-order chi connectivity index (χ0) is 17.5. The monoisotopic (exact) mass is 367 g/mol. The van der Waals surface area contributed by atoms with Gasteiger partial charge in [-0.05, 0) is 36.8 Å². The van der Waals surface area contributed by atoms with Gasteiger partial charge in [0, 0.05) is 5.56 Å². The smallest absolute Gasteiger partial charge is 0.255 e. The number of nitrogens with one attached hydrogen (secondary N) is 1. The quantitative estimate of drug-likeness (QED) is 0.663. The molecule has 2 aromatic carbocycles. The number of benzene rings is 2. The minimum Gasteiger partial charge on any atom is -0.493 e. The van der Waals surface area contributed by atoms with Crippen LogP contribution in [0.4, 0.5) is 5.69 Å². The van der Waals surface area contributed by atoms with Crippen LogP contribution in [0.15, 0.2) is 36.4 Å². The normalized spacial score (nSPS) is 10.3. The molecule has 0 spiro atoms. The number of carbonyl (C=O) groups excluding carboxylic acids is 1. The first-order valence-corrected chi connectivity index (χ1v) is 8.38. The van der Waals surface area contributed by atoms with E-state index in [0.717, 1.165) is 12.8 Å². The van der Waals surface area contributed by atoms with Gasteiger partial charge in [-0.3, -0.25) is 4.79 Å². The Bertz CT molecular complexity index is 719. The molecule has 0 aromatic heterocycles. The summed E-state index contributed by atoms with van der Waals surface area (Å²) in [6, 6.07) is 10.1. The van der Waals surface area contributed by atoms with Crippen LogP contribution in [0.2, 0.25) is 10.0 Å². The van der Waals surface area contributed by atoms with Gasteiger partial charge in [-0.1, -0.05) is 42.6 Å². The average molecular weight is 368 g/mol. The van der Waals surface area contributed by atoms with Crippen molar-refractivity contribution in [3.8, 4) is 11.5 Å². The molecule has 0 fully saturated rings. The molecule has 0 aliphatic heterocycles. The largest absolute Gasteiger partial charge is 0.493 e. The third kappa shape index (κ3) is 4.56. The summed E-state index contributed by atoms with van der Waals surface area (Å²) in [6.45, 7) is 2.70. The van der Waals surface area contributed by atoms with Gasteiger partial charge in [0.15, 0.2) is 11.5 Å². The Morgan fingerprint density at radius 2 is 1.96 bits per heavy atom. The first kappa shape index (κ1) is 18.4. The zero-order valence-electron chi connectivity index (χ0n) is 13.6. The van der Waals surface area contributed by atoms with E-state index >= 15 is 0 Å². The van der Waals surface area contributed by atoms with Gasteiger partial charge in [0.05, 0.1) is 29.4 Å². The van der Waals surface area contributed by atoms with Crippen molar-refractivity contribution in [3.05, 3.63) is 52.0 Å². The SMILES string of the molecule is CCCCOc1ccc(C(=O)Nc2cccc(Cl)c2Cl)cc1OC. The van der Waals surface area contributed by atoms with Gasteiger partial charge < -0.3 is 14.8 Å². The van der Waals surface area contributed by atoms with Crippen molar-refractivity contribution in [3.63, 3.8) is 0 Å². The van der Waals surface area contributed by atoms with Crippen molar-refractivity contribution in [2.45, 2.75) is 19.8 Å². The van der Waals surface area contributed by atoms with Crippen LogP contribution in [0.5, 0.6) is 11.5 Å². The molecule has 0 unspecified atom stereocenters. The van der Waals surface area contributed by atoms with Crippen LogP contribution < -0.4 is 14.8 Å². The van der Waals surface area contributed by atoms with Crippen molar-refractivity contribution >= 4 is 34.8 Å². The molecule has 0 bridgehead atoms. The minimum atomic E-state index is -0.308. The lowest BCUT2D eigenvalue weighted by molar-refractivity contribution is 0.102. The third-order valence-corrected chi connectivity index (χ3v) is 4.20. The molecule has 0 aliphatic carbocycles. The molecule has 2 aromatic rings. The van der Waals surface area contributed by atoms with Crippen molar-refractivity contribution in [2.75, 3.05) is 19.0 Å². The maximum atomic E-state index is 12.4. The molecule has 128 valence electrons. The van der Waals surface area contributed by atoms with E-state index in [-0.39, 0.29) is 5.91 Å². The summed E-state index contributed by atoms with van der Waals surface area (Å²) in [5.41, 5.74) is 0.891. The van der Waals surface area contributed by atoms with Gasteiger partial charge in [0.25, 0.3) is 5.91 Å². The highest BCUT2D eigenvalue weighted by Crippen LogP contribution is 2.31. The average Bonchev–Trinajstić information content (AvgIpc) is 2.59. The van der Waals surface area contributed by atoms with Crippen LogP contribution >= 0.6 is 23.2 Å². The summed E-state index contributed by atoms with van der Waals surface area (Å²) in [7, 11) is 1.54. The Hall–Kier alpha value is -1.91. The number of carbonyl (C=O) groups is 1. The molecule has 0 heterocycles. The molecule has 24 heavy (non-hydrogen) atoms. The van der Waals surface area contributed by atoms with E-state index in [2.05, 4.69) is 12.2 Å². The first-order chi connectivity index (χ1) is 11.6. The van der Waals surface area contributed by atoms with Crippen molar-refractivity contribution in [1.29, 1.82) is 0 Å². The Balaban J connectivity index is 2.16. The van der Waals surface area contributed by atoms with Gasteiger partial charge >= 0.3 is 0 Å². The fourth-order valence-electron chi connectivity index (χ4n) is 2.05. The fraction of sp³-hybridized carbons (Fsp3) is 0.278. The molecule has 0 saturated heterocycles. The summed E-state index contributed by atoms with van der Waals surface area (Å²) in [5.74, 6) is 0.816. The number of rotatable bonds is 7. The molecule has 0 radical (unpaired) electrons. The van der Waals surface area contributed by atoms with E-state index in [1.54, 1.807) is 36.4 Å². The number of ether oxygens (including phenoxy) is 2. The van der Waals surface area contributed by atoms with Crippen LogP contribution in [-0.4, -0.2) is 19.6 Å². The van der Waals surface area contributed by atoms with E-state index in [1.807, 2.05) is 0 Å². The molecule has 2 rings (SSSR count). The van der Waals surface area contributed by atoms with E-state index < -0.39 is 0 Å². The number of hydrogen-bond donors (Lipinski definition) is 1. The van der Waals surface area contributed by atoms with Crippen molar-refractivity contribution < 1.29 is 14.3 Å². The van der Waals surface area contributed by atoms with Gasteiger partial charge in [0.1, 0.15) is 0 Å². The number of amides is 1. The standard InChI is InChI=1S/C18H19Cl2NO3/c1-3-4-10-24-15-9-8-12(11-16(15)23-2)18(22)21-14-7-5-6-13(19)17(14)20/h5-9,11H,3-4,10H2,1-2H3,(H,21,22). The Kier molecular flexibility index (Phi) is 6.76. The van der Waals surface area contributed by atoms with Gasteiger partial charge in [-0.25, -0.2) is 0 Å². The lowest BCUT2D eigenvalue weighted by Crippen LogP contribution is -2.12. The van der Waals surface area contributed by atoms with Crippen LogP contribution in [0.25, 0.3) is 0 Å². The van der Waals surface area contributed by atoms with Crippen LogP contribution in [0, 0.1) is 0 Å². The number of methoxy groups -OCH3 is 1. The second kappa shape index (κ2) is 8.81. The summed E-state index contributed by atoms with van der Waals surface area (Å²) >= 11 is 12.0. The predicted molar refractivity (Wildman–Crippen MR) is 97.8 cm³/mol. The maximum Gasteiger partial charge on any atom is 0.255 e. The first-order valence-electron chi connectivity index (χ1n) is 7.63. The fourth-order valence-corrected chi connectivity index (χ4v) is 2.40. The summed E-state index contributed by atoms with van der Waals surface area (Å²) in [6.07, 6.45) is 2.00. The predicted octanol–water partition coefficient (Wildman–Crippen LogP) is 5.43. The maximum absolute atomic E-state index is 12.4. The van der Waals surface area contributed by atoms with Crippen LogP contribution in [0.3, 0.4) is 0 Å².